The third kappa shape index (κ3) is 3.42. The molecule has 1 heterocycles. The number of anilines is 1. The molecule has 0 saturated carbocycles. The number of rotatable bonds is 3. The third-order valence-corrected chi connectivity index (χ3v) is 5.83. The van der Waals surface area contributed by atoms with Crippen molar-refractivity contribution in [2.75, 3.05) is 4.90 Å². The molecule has 5 heteroatoms. The van der Waals surface area contributed by atoms with Gasteiger partial charge < -0.3 is 5.11 Å². The fraction of sp³-hybridized carbons (Fsp3) is 0.154. The van der Waals surface area contributed by atoms with Gasteiger partial charge in [0.15, 0.2) is 0 Å². The lowest BCUT2D eigenvalue weighted by Crippen LogP contribution is -2.30. The van der Waals surface area contributed by atoms with Gasteiger partial charge in [-0.05, 0) is 67.3 Å². The number of amides is 1. The van der Waals surface area contributed by atoms with E-state index < -0.39 is 23.5 Å². The van der Waals surface area contributed by atoms with Gasteiger partial charge in [-0.2, -0.15) is 0 Å². The average molecular weight is 415 g/mol. The maximum absolute atomic E-state index is 13.8. The summed E-state index contributed by atoms with van der Waals surface area (Å²) in [5.74, 6) is -2.20. The van der Waals surface area contributed by atoms with Gasteiger partial charge in [-0.25, -0.2) is 4.39 Å². The van der Waals surface area contributed by atoms with Gasteiger partial charge >= 0.3 is 0 Å². The van der Waals surface area contributed by atoms with Crippen LogP contribution in [-0.4, -0.2) is 16.8 Å². The van der Waals surface area contributed by atoms with Crippen LogP contribution in [0.25, 0.3) is 5.76 Å². The molecule has 3 aromatic carbocycles. The lowest BCUT2D eigenvalue weighted by atomic mass is 9.94. The third-order valence-electron chi connectivity index (χ3n) is 5.83. The molecule has 4 nitrogen and oxygen atoms in total. The highest BCUT2D eigenvalue weighted by Gasteiger charge is 2.47. The van der Waals surface area contributed by atoms with Crippen LogP contribution in [0.3, 0.4) is 0 Å². The molecule has 1 aliphatic heterocycles. The van der Waals surface area contributed by atoms with Crippen molar-refractivity contribution in [3.8, 4) is 0 Å². The molecule has 3 aromatic rings. The van der Waals surface area contributed by atoms with Gasteiger partial charge in [-0.15, -0.1) is 0 Å². The number of carbonyl (C=O) groups is 2. The highest BCUT2D eigenvalue weighted by molar-refractivity contribution is 6.51. The van der Waals surface area contributed by atoms with E-state index in [1.807, 2.05) is 56.3 Å². The van der Waals surface area contributed by atoms with E-state index in [4.69, 9.17) is 0 Å². The minimum Gasteiger partial charge on any atom is -0.507 e. The summed E-state index contributed by atoms with van der Waals surface area (Å²) in [4.78, 5) is 27.8. The first-order chi connectivity index (χ1) is 14.8. The largest absolute Gasteiger partial charge is 0.507 e. The molecule has 156 valence electrons. The molecule has 0 aromatic heterocycles. The number of carbonyl (C=O) groups excluding carboxylic acids is 2. The molecule has 1 atom stereocenters. The van der Waals surface area contributed by atoms with Gasteiger partial charge in [-0.1, -0.05) is 42.5 Å². The van der Waals surface area contributed by atoms with Crippen LogP contribution in [0.15, 0.2) is 72.3 Å². The zero-order valence-electron chi connectivity index (χ0n) is 17.5. The highest BCUT2D eigenvalue weighted by Crippen LogP contribution is 2.43. The molecule has 4 rings (SSSR count). The molecule has 1 saturated heterocycles. The Balaban J connectivity index is 1.98. The fourth-order valence-electron chi connectivity index (χ4n) is 3.98. The summed E-state index contributed by atoms with van der Waals surface area (Å²) < 4.78 is 13.8. The van der Waals surface area contributed by atoms with Crippen LogP contribution >= 0.6 is 0 Å². The van der Waals surface area contributed by atoms with Crippen molar-refractivity contribution in [1.29, 1.82) is 0 Å². The molecule has 31 heavy (non-hydrogen) atoms. The first kappa shape index (κ1) is 20.5. The van der Waals surface area contributed by atoms with Gasteiger partial charge in [0.05, 0.1) is 11.6 Å². The standard InChI is InChI=1S/C26H22FNO3/c1-15-8-7-11-21(17(15)3)28-23(18-9-5-4-6-10-18)22(25(30)26(28)31)24(29)19-12-13-20(27)16(2)14-19/h4-14,23,29H,1-3H3/b24-22+. The van der Waals surface area contributed by atoms with Crippen LogP contribution in [0.5, 0.6) is 0 Å². The molecule has 1 fully saturated rings. The number of hydrogen-bond acceptors (Lipinski definition) is 3. The van der Waals surface area contributed by atoms with Crippen molar-refractivity contribution >= 4 is 23.1 Å². The van der Waals surface area contributed by atoms with Crippen molar-refractivity contribution in [2.45, 2.75) is 26.8 Å². The summed E-state index contributed by atoms with van der Waals surface area (Å²) >= 11 is 0. The predicted octanol–water partition coefficient (Wildman–Crippen LogP) is 5.38. The molecule has 0 aliphatic carbocycles. The van der Waals surface area contributed by atoms with Crippen molar-refractivity contribution in [2.24, 2.45) is 0 Å². The molecule has 1 amide bonds. The zero-order valence-corrected chi connectivity index (χ0v) is 17.5. The number of Topliss-reactive ketones (excluding diaryl/α,β-unsaturated/α-hetero) is 1. The van der Waals surface area contributed by atoms with Crippen LogP contribution < -0.4 is 4.90 Å². The number of nitrogens with zero attached hydrogens (tertiary/aromatic N) is 1. The molecular weight excluding hydrogens is 393 g/mol. The van der Waals surface area contributed by atoms with E-state index in [0.717, 1.165) is 11.1 Å². The number of halogens is 1. The molecule has 0 bridgehead atoms. The fourth-order valence-corrected chi connectivity index (χ4v) is 3.98. The Labute approximate surface area is 180 Å². The van der Waals surface area contributed by atoms with E-state index in [-0.39, 0.29) is 11.3 Å². The molecule has 1 aliphatic rings. The number of benzene rings is 3. The van der Waals surface area contributed by atoms with Crippen LogP contribution in [0.2, 0.25) is 0 Å². The minimum absolute atomic E-state index is 0.0110. The van der Waals surface area contributed by atoms with Gasteiger partial charge in [-0.3, -0.25) is 14.5 Å². The van der Waals surface area contributed by atoms with E-state index in [0.29, 0.717) is 22.4 Å². The monoisotopic (exact) mass is 415 g/mol. The summed E-state index contributed by atoms with van der Waals surface area (Å²) in [6.45, 7) is 5.42. The number of aryl methyl sites for hydroxylation is 2. The summed E-state index contributed by atoms with van der Waals surface area (Å²) in [5, 5.41) is 11.1. The lowest BCUT2D eigenvalue weighted by molar-refractivity contribution is -0.132. The van der Waals surface area contributed by atoms with Gasteiger partial charge in [0.25, 0.3) is 11.7 Å². The number of ketones is 1. The molecular formula is C26H22FNO3. The quantitative estimate of drug-likeness (QED) is 0.355. The molecule has 0 spiro atoms. The minimum atomic E-state index is -0.799. The van der Waals surface area contributed by atoms with Crippen molar-refractivity contribution in [3.05, 3.63) is 106 Å². The van der Waals surface area contributed by atoms with Gasteiger partial charge in [0, 0.05) is 11.3 Å². The summed E-state index contributed by atoms with van der Waals surface area (Å²) in [7, 11) is 0. The van der Waals surface area contributed by atoms with E-state index in [1.54, 1.807) is 13.0 Å². The summed E-state index contributed by atoms with van der Waals surface area (Å²) in [5.41, 5.74) is 3.79. The molecule has 1 N–H and O–H groups in total. The normalized spacial score (nSPS) is 17.9. The Morgan fingerprint density at radius 2 is 1.61 bits per heavy atom. The Morgan fingerprint density at radius 3 is 2.29 bits per heavy atom. The number of hydrogen-bond donors (Lipinski definition) is 1. The highest BCUT2D eigenvalue weighted by atomic mass is 19.1. The van der Waals surface area contributed by atoms with Crippen LogP contribution in [0, 0.1) is 26.6 Å². The van der Waals surface area contributed by atoms with E-state index in [2.05, 4.69) is 0 Å². The lowest BCUT2D eigenvalue weighted by Gasteiger charge is -2.27. The second-order valence-corrected chi connectivity index (χ2v) is 7.76. The first-order valence-electron chi connectivity index (χ1n) is 10.00. The number of aliphatic hydroxyl groups excluding tert-OH is 1. The summed E-state index contributed by atoms with van der Waals surface area (Å²) in [6, 6.07) is 18.0. The van der Waals surface area contributed by atoms with E-state index in [1.165, 1.54) is 23.1 Å². The van der Waals surface area contributed by atoms with Crippen LogP contribution in [-0.2, 0) is 9.59 Å². The van der Waals surface area contributed by atoms with Crippen molar-refractivity contribution in [3.63, 3.8) is 0 Å². The Morgan fingerprint density at radius 1 is 0.903 bits per heavy atom. The van der Waals surface area contributed by atoms with Crippen molar-refractivity contribution < 1.29 is 19.1 Å². The zero-order chi connectivity index (χ0) is 22.3. The number of aliphatic hydroxyl groups is 1. The smallest absolute Gasteiger partial charge is 0.300 e. The second-order valence-electron chi connectivity index (χ2n) is 7.76. The van der Waals surface area contributed by atoms with E-state index >= 15 is 0 Å². The SMILES string of the molecule is Cc1cc(/C(O)=C2\C(=O)C(=O)N(c3cccc(C)c3C)C2c2ccccc2)ccc1F. The maximum atomic E-state index is 13.8. The Hall–Kier alpha value is -3.73. The maximum Gasteiger partial charge on any atom is 0.300 e. The topological polar surface area (TPSA) is 57.6 Å². The molecule has 0 radical (unpaired) electrons. The van der Waals surface area contributed by atoms with Crippen LogP contribution in [0.4, 0.5) is 10.1 Å². The van der Waals surface area contributed by atoms with E-state index in [9.17, 15) is 19.1 Å². The predicted molar refractivity (Wildman–Crippen MR) is 118 cm³/mol. The second kappa shape index (κ2) is 7.84. The van der Waals surface area contributed by atoms with Crippen molar-refractivity contribution in [1.82, 2.24) is 0 Å². The molecule has 1 unspecified atom stereocenters. The van der Waals surface area contributed by atoms with Crippen LogP contribution in [0.1, 0.15) is 33.9 Å². The van der Waals surface area contributed by atoms with Gasteiger partial charge in [0.1, 0.15) is 11.6 Å². The average Bonchev–Trinajstić information content (AvgIpc) is 3.03. The summed E-state index contributed by atoms with van der Waals surface area (Å²) in [6.07, 6.45) is 0. The first-order valence-corrected chi connectivity index (χ1v) is 10.00. The Bertz CT molecular complexity index is 1230. The Kier molecular flexibility index (Phi) is 5.19. The van der Waals surface area contributed by atoms with Gasteiger partial charge in [0.2, 0.25) is 0 Å².